The molecule has 1 fully saturated rings. The molecule has 0 radical (unpaired) electrons. The summed E-state index contributed by atoms with van der Waals surface area (Å²) >= 11 is 7.67. The van der Waals surface area contributed by atoms with Gasteiger partial charge < -0.3 is 5.32 Å². The van der Waals surface area contributed by atoms with Crippen LogP contribution in [0.4, 0.5) is 0 Å². The summed E-state index contributed by atoms with van der Waals surface area (Å²) in [6, 6.07) is 5.17. The number of thiophene rings is 1. The molecule has 2 unspecified atom stereocenters. The molecule has 0 spiro atoms. The van der Waals surface area contributed by atoms with Gasteiger partial charge in [0.25, 0.3) is 0 Å². The SMILES string of the molecule is CC(NC(C)C1CCCCC1)c1ccc(Cl)s1. The summed E-state index contributed by atoms with van der Waals surface area (Å²) in [5, 5.41) is 3.73. The molecule has 1 aliphatic carbocycles. The van der Waals surface area contributed by atoms with Gasteiger partial charge in [0.15, 0.2) is 0 Å². The van der Waals surface area contributed by atoms with Crippen LogP contribution in [0.3, 0.4) is 0 Å². The lowest BCUT2D eigenvalue weighted by Gasteiger charge is -2.30. The molecule has 0 bridgehead atoms. The second-order valence-corrected chi connectivity index (χ2v) is 6.96. The zero-order chi connectivity index (χ0) is 12.3. The van der Waals surface area contributed by atoms with Crippen LogP contribution in [0.25, 0.3) is 0 Å². The zero-order valence-electron chi connectivity index (χ0n) is 10.7. The maximum absolute atomic E-state index is 5.98. The molecule has 2 rings (SSSR count). The predicted molar refractivity (Wildman–Crippen MR) is 76.9 cm³/mol. The second-order valence-electron chi connectivity index (χ2n) is 5.22. The Morgan fingerprint density at radius 3 is 2.53 bits per heavy atom. The van der Waals surface area contributed by atoms with E-state index in [1.54, 1.807) is 11.3 Å². The molecule has 2 atom stereocenters. The summed E-state index contributed by atoms with van der Waals surface area (Å²) in [6.07, 6.45) is 7.04. The molecule has 17 heavy (non-hydrogen) atoms. The molecule has 1 aliphatic rings. The first kappa shape index (κ1) is 13.4. The highest BCUT2D eigenvalue weighted by Gasteiger charge is 2.21. The van der Waals surface area contributed by atoms with Gasteiger partial charge in [-0.25, -0.2) is 0 Å². The van der Waals surface area contributed by atoms with Crippen LogP contribution in [-0.2, 0) is 0 Å². The highest BCUT2D eigenvalue weighted by Crippen LogP contribution is 2.30. The van der Waals surface area contributed by atoms with Crippen molar-refractivity contribution in [2.45, 2.75) is 58.0 Å². The van der Waals surface area contributed by atoms with Crippen molar-refractivity contribution in [1.82, 2.24) is 5.32 Å². The number of nitrogens with one attached hydrogen (secondary N) is 1. The van der Waals surface area contributed by atoms with Gasteiger partial charge in [-0.05, 0) is 44.7 Å². The Kier molecular flexibility index (Phi) is 4.89. The van der Waals surface area contributed by atoms with Crippen molar-refractivity contribution in [2.75, 3.05) is 0 Å². The smallest absolute Gasteiger partial charge is 0.0931 e. The van der Waals surface area contributed by atoms with Crippen molar-refractivity contribution in [3.05, 3.63) is 21.3 Å². The molecule has 1 aromatic heterocycles. The van der Waals surface area contributed by atoms with Gasteiger partial charge in [-0.2, -0.15) is 0 Å². The molecular weight excluding hydrogens is 250 g/mol. The first-order valence-electron chi connectivity index (χ1n) is 6.68. The molecule has 1 aromatic rings. The molecule has 96 valence electrons. The largest absolute Gasteiger partial charge is 0.307 e. The third-order valence-electron chi connectivity index (χ3n) is 3.89. The minimum atomic E-state index is 0.421. The lowest BCUT2D eigenvalue weighted by atomic mass is 9.84. The van der Waals surface area contributed by atoms with E-state index in [1.165, 1.54) is 37.0 Å². The summed E-state index contributed by atoms with van der Waals surface area (Å²) in [4.78, 5) is 1.35. The fourth-order valence-electron chi connectivity index (χ4n) is 2.81. The Bertz CT molecular complexity index is 344. The molecule has 1 nitrogen and oxygen atoms in total. The van der Waals surface area contributed by atoms with E-state index in [-0.39, 0.29) is 0 Å². The van der Waals surface area contributed by atoms with Crippen molar-refractivity contribution in [3.8, 4) is 0 Å². The van der Waals surface area contributed by atoms with Crippen LogP contribution in [0.15, 0.2) is 12.1 Å². The quantitative estimate of drug-likeness (QED) is 0.811. The maximum Gasteiger partial charge on any atom is 0.0931 e. The van der Waals surface area contributed by atoms with E-state index < -0.39 is 0 Å². The van der Waals surface area contributed by atoms with Crippen molar-refractivity contribution in [2.24, 2.45) is 5.92 Å². The van der Waals surface area contributed by atoms with Gasteiger partial charge >= 0.3 is 0 Å². The van der Waals surface area contributed by atoms with Gasteiger partial charge in [-0.15, -0.1) is 11.3 Å². The van der Waals surface area contributed by atoms with E-state index >= 15 is 0 Å². The average molecular weight is 272 g/mol. The van der Waals surface area contributed by atoms with Crippen LogP contribution in [0, 0.1) is 5.92 Å². The number of hydrogen-bond acceptors (Lipinski definition) is 2. The van der Waals surface area contributed by atoms with Crippen LogP contribution in [0.2, 0.25) is 4.34 Å². The van der Waals surface area contributed by atoms with Crippen molar-refractivity contribution in [3.63, 3.8) is 0 Å². The van der Waals surface area contributed by atoms with Crippen LogP contribution in [0.5, 0.6) is 0 Å². The molecule has 0 amide bonds. The Morgan fingerprint density at radius 1 is 1.24 bits per heavy atom. The molecule has 0 saturated heterocycles. The molecule has 3 heteroatoms. The van der Waals surface area contributed by atoms with Gasteiger partial charge in [0, 0.05) is 17.0 Å². The average Bonchev–Trinajstić information content (AvgIpc) is 2.77. The lowest BCUT2D eigenvalue weighted by Crippen LogP contribution is -2.36. The Hall–Kier alpha value is -0.0500. The molecule has 1 N–H and O–H groups in total. The van der Waals surface area contributed by atoms with Crippen LogP contribution >= 0.6 is 22.9 Å². The standard InChI is InChI=1S/C14H22ClNS/c1-10(12-6-4-3-5-7-12)16-11(2)13-8-9-14(15)17-13/h8-12,16H,3-7H2,1-2H3. The highest BCUT2D eigenvalue weighted by molar-refractivity contribution is 7.16. The Balaban J connectivity index is 1.87. The van der Waals surface area contributed by atoms with Gasteiger partial charge in [0.2, 0.25) is 0 Å². The van der Waals surface area contributed by atoms with E-state index in [4.69, 9.17) is 11.6 Å². The van der Waals surface area contributed by atoms with E-state index in [0.29, 0.717) is 12.1 Å². The van der Waals surface area contributed by atoms with E-state index in [2.05, 4.69) is 25.2 Å². The molecule has 1 heterocycles. The number of rotatable bonds is 4. The third kappa shape index (κ3) is 3.70. The second kappa shape index (κ2) is 6.21. The number of halogens is 1. The minimum absolute atomic E-state index is 0.421. The van der Waals surface area contributed by atoms with Crippen LogP contribution < -0.4 is 5.32 Å². The normalized spacial score (nSPS) is 21.4. The first-order valence-corrected chi connectivity index (χ1v) is 7.87. The van der Waals surface area contributed by atoms with E-state index in [1.807, 2.05) is 6.07 Å². The summed E-state index contributed by atoms with van der Waals surface area (Å²) in [5.41, 5.74) is 0. The van der Waals surface area contributed by atoms with Gasteiger partial charge in [-0.3, -0.25) is 0 Å². The summed E-state index contributed by atoms with van der Waals surface area (Å²) < 4.78 is 0.888. The summed E-state index contributed by atoms with van der Waals surface area (Å²) in [5.74, 6) is 0.863. The molecule has 0 aliphatic heterocycles. The molecular formula is C14H22ClNS. The predicted octanol–water partition coefficient (Wildman–Crippen LogP) is 5.02. The summed E-state index contributed by atoms with van der Waals surface area (Å²) in [6.45, 7) is 4.57. The molecule has 0 aromatic carbocycles. The van der Waals surface area contributed by atoms with Crippen molar-refractivity contribution in [1.29, 1.82) is 0 Å². The third-order valence-corrected chi connectivity index (χ3v) is 5.30. The minimum Gasteiger partial charge on any atom is -0.307 e. The van der Waals surface area contributed by atoms with Crippen LogP contribution in [0.1, 0.15) is 56.9 Å². The van der Waals surface area contributed by atoms with E-state index in [9.17, 15) is 0 Å². The highest BCUT2D eigenvalue weighted by atomic mass is 35.5. The Labute approximate surface area is 114 Å². The fourth-order valence-corrected chi connectivity index (χ4v) is 3.88. The topological polar surface area (TPSA) is 12.0 Å². The lowest BCUT2D eigenvalue weighted by molar-refractivity contribution is 0.269. The summed E-state index contributed by atoms with van der Waals surface area (Å²) in [7, 11) is 0. The van der Waals surface area contributed by atoms with Crippen molar-refractivity contribution >= 4 is 22.9 Å². The zero-order valence-corrected chi connectivity index (χ0v) is 12.3. The monoisotopic (exact) mass is 271 g/mol. The van der Waals surface area contributed by atoms with Crippen LogP contribution in [-0.4, -0.2) is 6.04 Å². The molecule has 1 saturated carbocycles. The van der Waals surface area contributed by atoms with Crippen molar-refractivity contribution < 1.29 is 0 Å². The van der Waals surface area contributed by atoms with Gasteiger partial charge in [0.1, 0.15) is 0 Å². The Morgan fingerprint density at radius 2 is 1.94 bits per heavy atom. The van der Waals surface area contributed by atoms with E-state index in [0.717, 1.165) is 10.3 Å². The first-order chi connectivity index (χ1) is 8.16. The van der Waals surface area contributed by atoms with Gasteiger partial charge in [-0.1, -0.05) is 30.9 Å². The fraction of sp³-hybridized carbons (Fsp3) is 0.714. The maximum atomic E-state index is 5.98. The van der Waals surface area contributed by atoms with Gasteiger partial charge in [0.05, 0.1) is 4.34 Å². The number of hydrogen-bond donors (Lipinski definition) is 1.